The molecular formula is C15H29BNO2+. The van der Waals surface area contributed by atoms with Crippen molar-refractivity contribution >= 4 is 7.12 Å². The predicted molar refractivity (Wildman–Crippen MR) is 76.2 cm³/mol. The van der Waals surface area contributed by atoms with E-state index in [4.69, 9.17) is 9.31 Å². The first-order chi connectivity index (χ1) is 8.75. The Balaban J connectivity index is 1.74. The summed E-state index contributed by atoms with van der Waals surface area (Å²) in [5.74, 6) is 2.38. The fourth-order valence-electron chi connectivity index (χ4n) is 4.82. The molecule has 3 N–H and O–H groups in total. The monoisotopic (exact) mass is 266 g/mol. The van der Waals surface area contributed by atoms with Crippen LogP contribution in [0.2, 0.25) is 0 Å². The molecule has 0 aromatic heterocycles. The SMILES string of the molecule is CC(C)C[C@@H]([NH3+])B1O[C@@H]2C[C@@H]3C[C@@H](C3(C)C)[C@]2(C)O1. The third-order valence-electron chi connectivity index (χ3n) is 6.13. The maximum atomic E-state index is 6.42. The maximum absolute atomic E-state index is 6.42. The highest BCUT2D eigenvalue weighted by Crippen LogP contribution is 2.65. The second-order valence-electron chi connectivity index (χ2n) is 8.23. The van der Waals surface area contributed by atoms with Gasteiger partial charge in [-0.1, -0.05) is 27.7 Å². The highest BCUT2D eigenvalue weighted by atomic mass is 16.7. The van der Waals surface area contributed by atoms with Crippen LogP contribution in [-0.2, 0) is 9.31 Å². The van der Waals surface area contributed by atoms with E-state index in [0.29, 0.717) is 23.4 Å². The van der Waals surface area contributed by atoms with Crippen LogP contribution in [0.1, 0.15) is 53.9 Å². The van der Waals surface area contributed by atoms with Gasteiger partial charge in [0.1, 0.15) is 5.94 Å². The molecule has 1 heterocycles. The van der Waals surface area contributed by atoms with E-state index in [1.54, 1.807) is 0 Å². The van der Waals surface area contributed by atoms with E-state index in [1.807, 2.05) is 0 Å². The average molecular weight is 266 g/mol. The van der Waals surface area contributed by atoms with Gasteiger partial charge in [0.05, 0.1) is 11.7 Å². The molecule has 4 heteroatoms. The van der Waals surface area contributed by atoms with E-state index in [0.717, 1.165) is 12.3 Å². The molecule has 4 aliphatic rings. The Labute approximate surface area is 117 Å². The molecule has 1 saturated heterocycles. The van der Waals surface area contributed by atoms with E-state index in [2.05, 4.69) is 40.4 Å². The number of hydrogen-bond acceptors (Lipinski definition) is 2. The van der Waals surface area contributed by atoms with Crippen LogP contribution in [0.25, 0.3) is 0 Å². The van der Waals surface area contributed by atoms with E-state index < -0.39 is 0 Å². The van der Waals surface area contributed by atoms with Crippen LogP contribution < -0.4 is 5.73 Å². The molecule has 0 spiro atoms. The minimum Gasteiger partial charge on any atom is -0.401 e. The molecule has 4 rings (SSSR count). The fraction of sp³-hybridized carbons (Fsp3) is 1.00. The summed E-state index contributed by atoms with van der Waals surface area (Å²) in [6.45, 7) is 11.6. The lowest BCUT2D eigenvalue weighted by Gasteiger charge is -2.64. The first kappa shape index (κ1) is 13.9. The zero-order valence-corrected chi connectivity index (χ0v) is 13.1. The lowest BCUT2D eigenvalue weighted by atomic mass is 9.43. The first-order valence-electron chi connectivity index (χ1n) is 7.91. The van der Waals surface area contributed by atoms with Gasteiger partial charge in [-0.05, 0) is 49.4 Å². The number of hydrogen-bond donors (Lipinski definition) is 1. The molecule has 3 saturated carbocycles. The Bertz CT molecular complexity index is 373. The average Bonchev–Trinajstić information content (AvgIpc) is 2.64. The summed E-state index contributed by atoms with van der Waals surface area (Å²) in [5.41, 5.74) is 4.63. The van der Waals surface area contributed by atoms with Crippen LogP contribution in [0.3, 0.4) is 0 Å². The minimum atomic E-state index is -0.0902. The van der Waals surface area contributed by atoms with Crippen molar-refractivity contribution in [1.29, 1.82) is 0 Å². The zero-order valence-electron chi connectivity index (χ0n) is 13.1. The largest absolute Gasteiger partial charge is 0.521 e. The van der Waals surface area contributed by atoms with Gasteiger partial charge in [-0.15, -0.1) is 0 Å². The highest BCUT2D eigenvalue weighted by molar-refractivity contribution is 6.46. The van der Waals surface area contributed by atoms with Crippen molar-refractivity contribution in [2.24, 2.45) is 23.2 Å². The van der Waals surface area contributed by atoms with Gasteiger partial charge in [0.25, 0.3) is 0 Å². The topological polar surface area (TPSA) is 46.1 Å². The molecule has 0 amide bonds. The molecule has 3 aliphatic carbocycles. The predicted octanol–water partition coefficient (Wildman–Crippen LogP) is 1.91. The summed E-state index contributed by atoms with van der Waals surface area (Å²) in [7, 11) is -0.0902. The van der Waals surface area contributed by atoms with E-state index >= 15 is 0 Å². The fourth-order valence-corrected chi connectivity index (χ4v) is 4.82. The smallest absolute Gasteiger partial charge is 0.401 e. The summed E-state index contributed by atoms with van der Waals surface area (Å²) in [5, 5.41) is 0. The van der Waals surface area contributed by atoms with Crippen LogP contribution in [0, 0.1) is 23.2 Å². The van der Waals surface area contributed by atoms with Crippen molar-refractivity contribution in [3.8, 4) is 0 Å². The second-order valence-corrected chi connectivity index (χ2v) is 8.23. The molecule has 0 unspecified atom stereocenters. The standard InChI is InChI=1S/C15H28BNO2/c1-9(2)6-13(17)16-18-12-8-10-7-11(14(10,3)4)15(12,5)19-16/h9-13H,6-8,17H2,1-5H3/p+1/t10-,11-,12+,13+,15-/m0/s1. The van der Waals surface area contributed by atoms with Crippen LogP contribution in [0.15, 0.2) is 0 Å². The Morgan fingerprint density at radius 3 is 2.53 bits per heavy atom. The Morgan fingerprint density at radius 2 is 1.95 bits per heavy atom. The Hall–Kier alpha value is -0.0551. The van der Waals surface area contributed by atoms with Gasteiger partial charge in [0.2, 0.25) is 0 Å². The lowest BCUT2D eigenvalue weighted by Crippen LogP contribution is -2.69. The second kappa shape index (κ2) is 4.22. The quantitative estimate of drug-likeness (QED) is 0.793. The third kappa shape index (κ3) is 1.90. The van der Waals surface area contributed by atoms with Crippen LogP contribution in [0.5, 0.6) is 0 Å². The maximum Gasteiger partial charge on any atom is 0.521 e. The van der Waals surface area contributed by atoms with Crippen molar-refractivity contribution < 1.29 is 15.0 Å². The van der Waals surface area contributed by atoms with Gasteiger partial charge in [-0.2, -0.15) is 0 Å². The summed E-state index contributed by atoms with van der Waals surface area (Å²) >= 11 is 0. The molecule has 5 atom stereocenters. The zero-order chi connectivity index (χ0) is 14.0. The van der Waals surface area contributed by atoms with Gasteiger partial charge < -0.3 is 15.0 Å². The van der Waals surface area contributed by atoms with Crippen molar-refractivity contribution in [3.63, 3.8) is 0 Å². The van der Waals surface area contributed by atoms with Crippen LogP contribution in [-0.4, -0.2) is 24.8 Å². The van der Waals surface area contributed by atoms with Gasteiger partial charge in [-0.25, -0.2) is 0 Å². The Kier molecular flexibility index (Phi) is 3.09. The van der Waals surface area contributed by atoms with E-state index in [-0.39, 0.29) is 18.7 Å². The van der Waals surface area contributed by atoms with Crippen molar-refractivity contribution in [1.82, 2.24) is 0 Å². The van der Waals surface area contributed by atoms with Gasteiger partial charge in [0.15, 0.2) is 0 Å². The number of quaternary nitrogens is 1. The van der Waals surface area contributed by atoms with Crippen LogP contribution in [0.4, 0.5) is 0 Å². The lowest BCUT2D eigenvalue weighted by molar-refractivity contribution is -0.400. The van der Waals surface area contributed by atoms with Crippen LogP contribution >= 0.6 is 0 Å². The Morgan fingerprint density at radius 1 is 1.26 bits per heavy atom. The van der Waals surface area contributed by atoms with Crippen molar-refractivity contribution in [3.05, 3.63) is 0 Å². The molecule has 0 radical (unpaired) electrons. The molecular weight excluding hydrogens is 237 g/mol. The normalized spacial score (nSPS) is 45.0. The van der Waals surface area contributed by atoms with Gasteiger partial charge >= 0.3 is 7.12 Å². The molecule has 3 nitrogen and oxygen atoms in total. The van der Waals surface area contributed by atoms with Gasteiger partial charge in [-0.3, -0.25) is 0 Å². The van der Waals surface area contributed by atoms with Crippen molar-refractivity contribution in [2.75, 3.05) is 0 Å². The first-order valence-corrected chi connectivity index (χ1v) is 7.91. The molecule has 108 valence electrons. The molecule has 0 aromatic rings. The molecule has 1 aliphatic heterocycles. The molecule has 0 aromatic carbocycles. The third-order valence-corrected chi connectivity index (χ3v) is 6.13. The van der Waals surface area contributed by atoms with Gasteiger partial charge in [0, 0.05) is 0 Å². The minimum absolute atomic E-state index is 0.0736. The summed E-state index contributed by atoms with van der Waals surface area (Å²) < 4.78 is 12.7. The molecule has 19 heavy (non-hydrogen) atoms. The summed E-state index contributed by atoms with van der Waals surface area (Å²) in [6, 6.07) is 0. The molecule has 4 fully saturated rings. The number of rotatable bonds is 3. The highest BCUT2D eigenvalue weighted by Gasteiger charge is 2.68. The molecule has 2 bridgehead atoms. The summed E-state index contributed by atoms with van der Waals surface area (Å²) in [6.07, 6.45) is 3.86. The summed E-state index contributed by atoms with van der Waals surface area (Å²) in [4.78, 5) is 0. The van der Waals surface area contributed by atoms with E-state index in [9.17, 15) is 0 Å². The van der Waals surface area contributed by atoms with E-state index in [1.165, 1.54) is 12.8 Å². The van der Waals surface area contributed by atoms with Crippen molar-refractivity contribution in [2.45, 2.75) is 71.5 Å².